The SMILES string of the molecule is CNC(COCC(F)(F)F)Cc1cn2ccsc2n1. The normalized spacial score (nSPS) is 14.1. The fraction of sp³-hybridized carbons (Fsp3) is 0.545. The number of ether oxygens (including phenoxy) is 1. The first-order chi connectivity index (χ1) is 8.98. The first kappa shape index (κ1) is 14.3. The third-order valence-corrected chi connectivity index (χ3v) is 3.36. The van der Waals surface area contributed by atoms with Crippen LogP contribution in [0.2, 0.25) is 0 Å². The van der Waals surface area contributed by atoms with Crippen molar-refractivity contribution in [3.05, 3.63) is 23.5 Å². The maximum absolute atomic E-state index is 12.0. The zero-order valence-electron chi connectivity index (χ0n) is 10.3. The smallest absolute Gasteiger partial charge is 0.370 e. The lowest BCUT2D eigenvalue weighted by Gasteiger charge is -2.16. The highest BCUT2D eigenvalue weighted by molar-refractivity contribution is 7.15. The molecule has 4 nitrogen and oxygen atoms in total. The van der Waals surface area contributed by atoms with Crippen LogP contribution in [0, 0.1) is 0 Å². The third-order valence-electron chi connectivity index (χ3n) is 2.59. The molecule has 1 unspecified atom stereocenters. The van der Waals surface area contributed by atoms with Gasteiger partial charge in [-0.2, -0.15) is 13.2 Å². The molecule has 0 amide bonds. The van der Waals surface area contributed by atoms with Gasteiger partial charge in [0.1, 0.15) is 6.61 Å². The monoisotopic (exact) mass is 293 g/mol. The van der Waals surface area contributed by atoms with Crippen molar-refractivity contribution in [2.75, 3.05) is 20.3 Å². The van der Waals surface area contributed by atoms with Crippen molar-refractivity contribution in [1.82, 2.24) is 14.7 Å². The molecule has 8 heteroatoms. The van der Waals surface area contributed by atoms with Crippen LogP contribution in [-0.2, 0) is 11.2 Å². The van der Waals surface area contributed by atoms with Gasteiger partial charge in [-0.25, -0.2) is 4.98 Å². The van der Waals surface area contributed by atoms with E-state index in [1.54, 1.807) is 7.05 Å². The second kappa shape index (κ2) is 5.89. The molecule has 2 aromatic rings. The molecule has 0 saturated heterocycles. The summed E-state index contributed by atoms with van der Waals surface area (Å²) < 4.78 is 42.5. The molecular weight excluding hydrogens is 279 g/mol. The summed E-state index contributed by atoms with van der Waals surface area (Å²) in [5.41, 5.74) is 0.835. The van der Waals surface area contributed by atoms with Crippen molar-refractivity contribution in [3.63, 3.8) is 0 Å². The summed E-state index contributed by atoms with van der Waals surface area (Å²) in [6.07, 6.45) is 0.0169. The molecule has 1 atom stereocenters. The van der Waals surface area contributed by atoms with E-state index in [4.69, 9.17) is 0 Å². The quantitative estimate of drug-likeness (QED) is 0.886. The van der Waals surface area contributed by atoms with Crippen LogP contribution in [0.15, 0.2) is 17.8 Å². The van der Waals surface area contributed by atoms with Gasteiger partial charge in [-0.1, -0.05) is 0 Å². The summed E-state index contributed by atoms with van der Waals surface area (Å²) in [5.74, 6) is 0. The molecule has 2 heterocycles. The summed E-state index contributed by atoms with van der Waals surface area (Å²) >= 11 is 1.52. The number of aromatic nitrogens is 2. The van der Waals surface area contributed by atoms with E-state index < -0.39 is 12.8 Å². The van der Waals surface area contributed by atoms with Gasteiger partial charge in [-0.05, 0) is 7.05 Å². The average molecular weight is 293 g/mol. The number of hydrogen-bond acceptors (Lipinski definition) is 4. The van der Waals surface area contributed by atoms with Crippen molar-refractivity contribution in [2.24, 2.45) is 0 Å². The Morgan fingerprint density at radius 3 is 2.95 bits per heavy atom. The van der Waals surface area contributed by atoms with Crippen LogP contribution in [0.25, 0.3) is 4.96 Å². The summed E-state index contributed by atoms with van der Waals surface area (Å²) in [6, 6.07) is -0.188. The first-order valence-corrected chi connectivity index (χ1v) is 6.59. The maximum Gasteiger partial charge on any atom is 0.411 e. The van der Waals surface area contributed by atoms with Gasteiger partial charge in [0.25, 0.3) is 0 Å². The van der Waals surface area contributed by atoms with Crippen LogP contribution in [0.1, 0.15) is 5.69 Å². The predicted molar refractivity (Wildman–Crippen MR) is 66.5 cm³/mol. The van der Waals surface area contributed by atoms with Gasteiger partial charge in [0.05, 0.1) is 12.3 Å². The van der Waals surface area contributed by atoms with Crippen molar-refractivity contribution < 1.29 is 17.9 Å². The van der Waals surface area contributed by atoms with Gasteiger partial charge in [0.15, 0.2) is 4.96 Å². The van der Waals surface area contributed by atoms with Crippen LogP contribution < -0.4 is 5.32 Å². The van der Waals surface area contributed by atoms with Gasteiger partial charge >= 0.3 is 6.18 Å². The lowest BCUT2D eigenvalue weighted by molar-refractivity contribution is -0.175. The number of thiazole rings is 1. The van der Waals surface area contributed by atoms with Gasteiger partial charge < -0.3 is 10.1 Å². The molecule has 0 bridgehead atoms. The van der Waals surface area contributed by atoms with Crippen molar-refractivity contribution in [3.8, 4) is 0 Å². The van der Waals surface area contributed by atoms with Crippen LogP contribution in [0.3, 0.4) is 0 Å². The van der Waals surface area contributed by atoms with Crippen LogP contribution in [-0.4, -0.2) is 41.9 Å². The Morgan fingerprint density at radius 2 is 2.32 bits per heavy atom. The first-order valence-electron chi connectivity index (χ1n) is 5.71. The topological polar surface area (TPSA) is 38.6 Å². The largest absolute Gasteiger partial charge is 0.411 e. The van der Waals surface area contributed by atoms with Crippen LogP contribution in [0.4, 0.5) is 13.2 Å². The lowest BCUT2D eigenvalue weighted by Crippen LogP contribution is -2.34. The molecule has 0 radical (unpaired) electrons. The van der Waals surface area contributed by atoms with Gasteiger partial charge in [-0.15, -0.1) is 11.3 Å². The van der Waals surface area contributed by atoms with Crippen molar-refractivity contribution in [1.29, 1.82) is 0 Å². The number of nitrogens with zero attached hydrogens (tertiary/aromatic N) is 2. The molecular formula is C11H14F3N3OS. The van der Waals surface area contributed by atoms with E-state index in [0.717, 1.165) is 10.7 Å². The maximum atomic E-state index is 12.0. The van der Waals surface area contributed by atoms with Crippen molar-refractivity contribution >= 4 is 16.3 Å². The second-order valence-electron chi connectivity index (χ2n) is 4.15. The Labute approximate surface area is 112 Å². The third kappa shape index (κ3) is 4.19. The van der Waals surface area contributed by atoms with Gasteiger partial charge in [0, 0.05) is 30.2 Å². The molecule has 0 aromatic carbocycles. The molecule has 0 spiro atoms. The zero-order chi connectivity index (χ0) is 13.9. The van der Waals surface area contributed by atoms with E-state index >= 15 is 0 Å². The fourth-order valence-electron chi connectivity index (χ4n) is 1.69. The molecule has 0 saturated carbocycles. The van der Waals surface area contributed by atoms with E-state index in [1.165, 1.54) is 11.3 Å². The van der Waals surface area contributed by atoms with Crippen LogP contribution in [0.5, 0.6) is 0 Å². The average Bonchev–Trinajstić information content (AvgIpc) is 2.86. The fourth-order valence-corrected chi connectivity index (χ4v) is 2.41. The minimum atomic E-state index is -4.28. The molecule has 0 aliphatic rings. The number of halogens is 3. The number of likely N-dealkylation sites (N-methyl/N-ethyl adjacent to an activating group) is 1. The van der Waals surface area contributed by atoms with E-state index in [-0.39, 0.29) is 12.6 Å². The molecule has 2 rings (SSSR count). The molecule has 106 valence electrons. The summed E-state index contributed by atoms with van der Waals surface area (Å²) in [4.78, 5) is 5.26. The molecule has 0 aliphatic heterocycles. The number of imidazole rings is 1. The Balaban J connectivity index is 1.86. The Bertz CT molecular complexity index is 494. The minimum absolute atomic E-state index is 0.00118. The summed E-state index contributed by atoms with van der Waals surface area (Å²) in [5, 5.41) is 4.86. The highest BCUT2D eigenvalue weighted by atomic mass is 32.1. The second-order valence-corrected chi connectivity index (χ2v) is 5.02. The molecule has 19 heavy (non-hydrogen) atoms. The highest BCUT2D eigenvalue weighted by Crippen LogP contribution is 2.15. The number of nitrogens with one attached hydrogen (secondary N) is 1. The molecule has 2 aromatic heterocycles. The van der Waals surface area contributed by atoms with E-state index in [9.17, 15) is 13.2 Å². The van der Waals surface area contributed by atoms with Gasteiger partial charge in [-0.3, -0.25) is 4.40 Å². The van der Waals surface area contributed by atoms with E-state index in [2.05, 4.69) is 15.0 Å². The lowest BCUT2D eigenvalue weighted by atomic mass is 10.2. The highest BCUT2D eigenvalue weighted by Gasteiger charge is 2.27. The number of fused-ring (bicyclic) bond motifs is 1. The predicted octanol–water partition coefficient (Wildman–Crippen LogP) is 2.11. The summed E-state index contributed by atoms with van der Waals surface area (Å²) in [6.45, 7) is -1.22. The molecule has 1 N–H and O–H groups in total. The number of rotatable bonds is 6. The Hall–Kier alpha value is -1.12. The number of hydrogen-bond donors (Lipinski definition) is 1. The minimum Gasteiger partial charge on any atom is -0.370 e. The Morgan fingerprint density at radius 1 is 1.53 bits per heavy atom. The standard InChI is InChI=1S/C11H14F3N3OS/c1-15-9(6-18-7-11(12,13)14)4-8-5-17-2-3-19-10(17)16-8/h2-3,5,9,15H,4,6-7H2,1H3. The van der Waals surface area contributed by atoms with E-state index in [1.807, 2.05) is 22.2 Å². The van der Waals surface area contributed by atoms with Crippen LogP contribution >= 0.6 is 11.3 Å². The van der Waals surface area contributed by atoms with Crippen molar-refractivity contribution in [2.45, 2.75) is 18.6 Å². The summed E-state index contributed by atoms with van der Waals surface area (Å²) in [7, 11) is 1.69. The molecule has 0 fully saturated rings. The number of alkyl halides is 3. The Kier molecular flexibility index (Phi) is 4.43. The van der Waals surface area contributed by atoms with Gasteiger partial charge in [0.2, 0.25) is 0 Å². The van der Waals surface area contributed by atoms with E-state index in [0.29, 0.717) is 6.42 Å². The molecule has 0 aliphatic carbocycles. The zero-order valence-corrected chi connectivity index (χ0v) is 11.1.